The number of fused-ring (bicyclic) bond motifs is 2. The van der Waals surface area contributed by atoms with Crippen molar-refractivity contribution in [1.82, 2.24) is 25.8 Å². The zero-order valence-electron chi connectivity index (χ0n) is 37.5. The third kappa shape index (κ3) is 9.84. The molecule has 5 heterocycles. The van der Waals surface area contributed by atoms with Crippen LogP contribution in [0.3, 0.4) is 0 Å². The van der Waals surface area contributed by atoms with Crippen molar-refractivity contribution in [2.24, 2.45) is 5.92 Å². The summed E-state index contributed by atoms with van der Waals surface area (Å²) in [4.78, 5) is 57.7. The van der Waals surface area contributed by atoms with Crippen LogP contribution in [0.1, 0.15) is 115 Å². The minimum Gasteiger partial charge on any atom is -0.380 e. The van der Waals surface area contributed by atoms with Crippen LogP contribution in [0.4, 0.5) is 11.4 Å². The molecule has 2 atom stereocenters. The number of carbonyl (C=O) groups is 4. The Morgan fingerprint density at radius 2 is 1.64 bits per heavy atom. The molecule has 0 radical (unpaired) electrons. The molecule has 334 valence electrons. The van der Waals surface area contributed by atoms with Gasteiger partial charge >= 0.3 is 0 Å². The van der Waals surface area contributed by atoms with Gasteiger partial charge in [-0.15, -0.1) is 0 Å². The van der Waals surface area contributed by atoms with Gasteiger partial charge in [0.25, 0.3) is 5.91 Å². The molecular weight excluding hydrogens is 799 g/mol. The van der Waals surface area contributed by atoms with Crippen LogP contribution in [0.5, 0.6) is 0 Å². The van der Waals surface area contributed by atoms with Crippen LogP contribution < -0.4 is 26.2 Å². The van der Waals surface area contributed by atoms with Gasteiger partial charge in [-0.25, -0.2) is 0 Å². The summed E-state index contributed by atoms with van der Waals surface area (Å²) in [6.07, 6.45) is 8.50. The van der Waals surface area contributed by atoms with E-state index in [1.165, 1.54) is 11.1 Å². The fourth-order valence-corrected chi connectivity index (χ4v) is 10.5. The summed E-state index contributed by atoms with van der Waals surface area (Å²) in [7, 11) is 0. The smallest absolute Gasteiger partial charge is 0.252 e. The summed E-state index contributed by atoms with van der Waals surface area (Å²) in [5, 5.41) is 14.8. The van der Waals surface area contributed by atoms with Crippen molar-refractivity contribution in [3.8, 4) is 11.8 Å². The Morgan fingerprint density at radius 3 is 2.41 bits per heavy atom. The normalized spacial score (nSPS) is 20.2. The monoisotopic (exact) mass is 861 g/mol. The van der Waals surface area contributed by atoms with Crippen molar-refractivity contribution in [3.05, 3.63) is 106 Å². The van der Waals surface area contributed by atoms with E-state index in [1.807, 2.05) is 25.1 Å². The van der Waals surface area contributed by atoms with E-state index in [0.29, 0.717) is 42.7 Å². The molecule has 5 aliphatic rings. The number of hydrogen-bond acceptors (Lipinski definition) is 8. The van der Waals surface area contributed by atoms with Crippen molar-refractivity contribution < 1.29 is 19.2 Å². The molecule has 0 spiro atoms. The fraction of sp³-hybridized carbons (Fsp3) is 0.472. The van der Waals surface area contributed by atoms with E-state index >= 15 is 0 Å². The van der Waals surface area contributed by atoms with Crippen LogP contribution in [0.25, 0.3) is 10.8 Å². The molecule has 4 amide bonds. The van der Waals surface area contributed by atoms with Gasteiger partial charge in [-0.05, 0) is 148 Å². The molecular formula is C53H63N7O4. The number of hydrogen-bond donors (Lipinski definition) is 4. The molecule has 4 aromatic carbocycles. The standard InChI is InChI=1S/C53H63N7O4/c1-35-10-15-42(56-43-33-54-34-43)32-47(35)52(63)55-36(2)44-16-13-39(45-7-3-4-8-46(44)45)12-11-37-20-26-58(27-21-37)25-6-5-9-51(62)59-28-22-38(23-29-59)40-14-17-48-41(31-40)24-30-60(48)49-18-19-50(61)57-53(49)64/h3-4,7-8,10,13-17,31-32,36-38,43,49,54,56H,5-6,9,18-30,33-34H2,1-2H3,(H,55,63)(H,57,61,64)/t36?,49-/m0/s1. The molecule has 0 aromatic heterocycles. The summed E-state index contributed by atoms with van der Waals surface area (Å²) in [6, 6.07) is 25.3. The summed E-state index contributed by atoms with van der Waals surface area (Å²) in [5.74, 6) is 7.81. The molecule has 4 aromatic rings. The molecule has 64 heavy (non-hydrogen) atoms. The van der Waals surface area contributed by atoms with E-state index in [9.17, 15) is 19.2 Å². The number of anilines is 2. The first-order valence-electron chi connectivity index (χ1n) is 23.8. The summed E-state index contributed by atoms with van der Waals surface area (Å²) < 4.78 is 0. The number of carbonyl (C=O) groups excluding carboxylic acids is 4. The van der Waals surface area contributed by atoms with Crippen molar-refractivity contribution in [2.45, 2.75) is 102 Å². The van der Waals surface area contributed by atoms with E-state index in [2.05, 4.69) is 109 Å². The molecule has 4 saturated heterocycles. The van der Waals surface area contributed by atoms with E-state index in [0.717, 1.165) is 136 Å². The van der Waals surface area contributed by atoms with Gasteiger partial charge < -0.3 is 30.7 Å². The van der Waals surface area contributed by atoms with E-state index in [-0.39, 0.29) is 35.7 Å². The van der Waals surface area contributed by atoms with Crippen molar-refractivity contribution >= 4 is 45.8 Å². The quantitative estimate of drug-likeness (QED) is 0.0695. The lowest BCUT2D eigenvalue weighted by atomic mass is 9.88. The van der Waals surface area contributed by atoms with Crippen molar-refractivity contribution in [1.29, 1.82) is 0 Å². The van der Waals surface area contributed by atoms with Crippen LogP contribution in [0, 0.1) is 24.7 Å². The highest BCUT2D eigenvalue weighted by Crippen LogP contribution is 2.37. The average molecular weight is 862 g/mol. The van der Waals surface area contributed by atoms with Crippen LogP contribution in [-0.2, 0) is 20.8 Å². The van der Waals surface area contributed by atoms with Crippen molar-refractivity contribution in [2.75, 3.05) is 62.6 Å². The SMILES string of the molecule is Cc1ccc(NC2CNC2)cc1C(=O)NC(C)c1ccc(C#CC2CCN(CCCCC(=O)N3CCC(c4ccc5c(c4)CCN5[C@H]4CCC(=O)NC4=O)CC3)CC2)c2ccccc12. The number of rotatable bonds is 12. The molecule has 0 aliphatic carbocycles. The lowest BCUT2D eigenvalue weighted by molar-refractivity contribution is -0.134. The van der Waals surface area contributed by atoms with Gasteiger partial charge in [0.1, 0.15) is 6.04 Å². The number of piperidine rings is 3. The van der Waals surface area contributed by atoms with Gasteiger partial charge in [-0.3, -0.25) is 24.5 Å². The Balaban J connectivity index is 0.699. The third-order valence-electron chi connectivity index (χ3n) is 14.5. The predicted molar refractivity (Wildman–Crippen MR) is 253 cm³/mol. The average Bonchev–Trinajstić information content (AvgIpc) is 3.72. The fourth-order valence-electron chi connectivity index (χ4n) is 10.5. The minimum absolute atomic E-state index is 0.0722. The molecule has 4 N–H and O–H groups in total. The largest absolute Gasteiger partial charge is 0.380 e. The van der Waals surface area contributed by atoms with E-state index in [4.69, 9.17) is 0 Å². The number of nitrogens with zero attached hydrogens (tertiary/aromatic N) is 3. The second-order valence-electron chi connectivity index (χ2n) is 18.8. The predicted octanol–water partition coefficient (Wildman–Crippen LogP) is 6.83. The summed E-state index contributed by atoms with van der Waals surface area (Å²) in [6.45, 7) is 11.4. The first kappa shape index (κ1) is 43.5. The van der Waals surface area contributed by atoms with Gasteiger partial charge in [0, 0.05) is 74.0 Å². The summed E-state index contributed by atoms with van der Waals surface area (Å²) >= 11 is 0. The number of amides is 4. The zero-order chi connectivity index (χ0) is 44.2. The second-order valence-corrected chi connectivity index (χ2v) is 18.8. The molecule has 1 unspecified atom stereocenters. The Hall–Kier alpha value is -5.70. The highest BCUT2D eigenvalue weighted by Gasteiger charge is 2.35. The maximum absolute atomic E-state index is 13.5. The Morgan fingerprint density at radius 1 is 0.844 bits per heavy atom. The Bertz CT molecular complexity index is 2450. The number of nitrogens with one attached hydrogen (secondary N) is 4. The molecule has 5 aliphatic heterocycles. The van der Waals surface area contributed by atoms with Crippen LogP contribution in [0.15, 0.2) is 72.8 Å². The Labute approximate surface area is 378 Å². The summed E-state index contributed by atoms with van der Waals surface area (Å²) in [5.41, 5.74) is 8.46. The van der Waals surface area contributed by atoms with Crippen LogP contribution in [0.2, 0.25) is 0 Å². The minimum atomic E-state index is -0.272. The van der Waals surface area contributed by atoms with Crippen molar-refractivity contribution in [3.63, 3.8) is 0 Å². The van der Waals surface area contributed by atoms with Gasteiger partial charge in [0.2, 0.25) is 17.7 Å². The third-order valence-corrected chi connectivity index (χ3v) is 14.5. The highest BCUT2D eigenvalue weighted by atomic mass is 16.2. The number of likely N-dealkylation sites (tertiary alicyclic amines) is 2. The molecule has 11 nitrogen and oxygen atoms in total. The number of imide groups is 1. The molecule has 0 saturated carbocycles. The zero-order valence-corrected chi connectivity index (χ0v) is 37.5. The molecule has 9 rings (SSSR count). The second kappa shape index (κ2) is 19.6. The number of aryl methyl sites for hydroxylation is 1. The maximum atomic E-state index is 13.5. The van der Waals surface area contributed by atoms with E-state index in [1.54, 1.807) is 0 Å². The highest BCUT2D eigenvalue weighted by molar-refractivity contribution is 6.02. The van der Waals surface area contributed by atoms with Crippen LogP contribution in [-0.4, -0.2) is 97.9 Å². The van der Waals surface area contributed by atoms with Gasteiger partial charge in [-0.2, -0.15) is 0 Å². The number of benzene rings is 4. The first-order valence-corrected chi connectivity index (χ1v) is 23.8. The molecule has 11 heteroatoms. The van der Waals surface area contributed by atoms with E-state index < -0.39 is 0 Å². The lowest BCUT2D eigenvalue weighted by Gasteiger charge is -2.33. The Kier molecular flexibility index (Phi) is 13.3. The molecule has 4 fully saturated rings. The first-order chi connectivity index (χ1) is 31.2. The topological polar surface area (TPSA) is 126 Å². The molecule has 0 bridgehead atoms. The van der Waals surface area contributed by atoms with Crippen LogP contribution >= 0.6 is 0 Å². The van der Waals surface area contributed by atoms with Gasteiger partial charge in [-0.1, -0.05) is 60.4 Å². The van der Waals surface area contributed by atoms with Gasteiger partial charge in [0.05, 0.1) is 12.1 Å². The lowest BCUT2D eigenvalue weighted by Crippen LogP contribution is -2.52. The number of unbranched alkanes of at least 4 members (excludes halogenated alkanes) is 1. The van der Waals surface area contributed by atoms with Gasteiger partial charge in [0.15, 0.2) is 0 Å². The maximum Gasteiger partial charge on any atom is 0.252 e.